The summed E-state index contributed by atoms with van der Waals surface area (Å²) in [5, 5.41) is 11.4. The molecule has 0 unspecified atom stereocenters. The second-order valence-electron chi connectivity index (χ2n) is 4.92. The minimum atomic E-state index is -0.859. The third-order valence-corrected chi connectivity index (χ3v) is 3.03. The molecule has 0 saturated carbocycles. The van der Waals surface area contributed by atoms with E-state index in [2.05, 4.69) is 24.4 Å². The van der Waals surface area contributed by atoms with Crippen molar-refractivity contribution >= 4 is 5.97 Å². The Morgan fingerprint density at radius 2 is 1.90 bits per heavy atom. The first-order chi connectivity index (χ1) is 10.1. The van der Waals surface area contributed by atoms with Crippen molar-refractivity contribution in [2.45, 2.75) is 20.1 Å². The van der Waals surface area contributed by atoms with Crippen LogP contribution in [-0.2, 0) is 17.9 Å². The molecule has 2 N–H and O–H groups in total. The van der Waals surface area contributed by atoms with Crippen LogP contribution in [0.25, 0.3) is 0 Å². The van der Waals surface area contributed by atoms with Gasteiger partial charge >= 0.3 is 5.97 Å². The summed E-state index contributed by atoms with van der Waals surface area (Å²) in [6.45, 7) is 3.03. The van der Waals surface area contributed by atoms with E-state index in [0.717, 1.165) is 16.9 Å². The summed E-state index contributed by atoms with van der Waals surface area (Å²) in [5.41, 5.74) is 3.35. The van der Waals surface area contributed by atoms with Gasteiger partial charge in [0.2, 0.25) is 0 Å². The van der Waals surface area contributed by atoms with E-state index >= 15 is 0 Å². The van der Waals surface area contributed by atoms with E-state index in [9.17, 15) is 4.79 Å². The number of hydrogen-bond acceptors (Lipinski definition) is 3. The van der Waals surface area contributed by atoms with Crippen LogP contribution < -0.4 is 10.1 Å². The first kappa shape index (κ1) is 15.1. The topological polar surface area (TPSA) is 58.6 Å². The van der Waals surface area contributed by atoms with Crippen LogP contribution in [-0.4, -0.2) is 17.6 Å². The van der Waals surface area contributed by atoms with Crippen LogP contribution in [0.5, 0.6) is 5.75 Å². The van der Waals surface area contributed by atoms with Crippen LogP contribution >= 0.6 is 0 Å². The van der Waals surface area contributed by atoms with Gasteiger partial charge in [0.1, 0.15) is 12.4 Å². The van der Waals surface area contributed by atoms with Gasteiger partial charge in [-0.2, -0.15) is 0 Å². The molecule has 0 aliphatic heterocycles. The quantitative estimate of drug-likeness (QED) is 0.821. The standard InChI is InChI=1S/C17H19NO3/c1-13-5-7-14(8-6-13)12-21-16-4-2-3-15(9-16)10-18-11-17(19)20/h2-9,18H,10-12H2,1H3,(H,19,20). The maximum Gasteiger partial charge on any atom is 0.317 e. The first-order valence-corrected chi connectivity index (χ1v) is 6.83. The highest BCUT2D eigenvalue weighted by atomic mass is 16.5. The zero-order valence-electron chi connectivity index (χ0n) is 12.0. The Hall–Kier alpha value is -2.33. The lowest BCUT2D eigenvalue weighted by Gasteiger charge is -2.09. The minimum absolute atomic E-state index is 0.0472. The monoisotopic (exact) mass is 285 g/mol. The molecule has 0 saturated heterocycles. The average molecular weight is 285 g/mol. The number of carboxylic acids is 1. The summed E-state index contributed by atoms with van der Waals surface area (Å²) in [6, 6.07) is 15.9. The Bertz CT molecular complexity index is 593. The Balaban J connectivity index is 1.88. The summed E-state index contributed by atoms with van der Waals surface area (Å²) >= 11 is 0. The van der Waals surface area contributed by atoms with Crippen LogP contribution in [0.2, 0.25) is 0 Å². The van der Waals surface area contributed by atoms with Crippen molar-refractivity contribution in [3.8, 4) is 5.75 Å². The number of carboxylic acid groups (broad SMARTS) is 1. The van der Waals surface area contributed by atoms with Gasteiger partial charge in [-0.15, -0.1) is 0 Å². The fourth-order valence-electron chi connectivity index (χ4n) is 1.91. The molecular formula is C17H19NO3. The molecule has 0 atom stereocenters. The van der Waals surface area contributed by atoms with Gasteiger partial charge in [0.15, 0.2) is 0 Å². The van der Waals surface area contributed by atoms with E-state index in [-0.39, 0.29) is 6.54 Å². The van der Waals surface area contributed by atoms with Crippen LogP contribution in [0, 0.1) is 6.92 Å². The maximum absolute atomic E-state index is 10.5. The second-order valence-corrected chi connectivity index (χ2v) is 4.92. The smallest absolute Gasteiger partial charge is 0.317 e. The highest BCUT2D eigenvalue weighted by Gasteiger charge is 2.00. The van der Waals surface area contributed by atoms with Gasteiger partial charge in [0.05, 0.1) is 6.54 Å². The lowest BCUT2D eigenvalue weighted by atomic mass is 10.2. The number of nitrogens with one attached hydrogen (secondary N) is 1. The molecule has 110 valence electrons. The molecule has 0 bridgehead atoms. The number of rotatable bonds is 7. The number of benzene rings is 2. The van der Waals surface area contributed by atoms with E-state index in [4.69, 9.17) is 9.84 Å². The highest BCUT2D eigenvalue weighted by Crippen LogP contribution is 2.15. The van der Waals surface area contributed by atoms with Crippen LogP contribution in [0.4, 0.5) is 0 Å². The van der Waals surface area contributed by atoms with Crippen LogP contribution in [0.15, 0.2) is 48.5 Å². The molecule has 0 amide bonds. The Morgan fingerprint density at radius 1 is 1.14 bits per heavy atom. The lowest BCUT2D eigenvalue weighted by Crippen LogP contribution is -2.21. The van der Waals surface area contributed by atoms with Crippen LogP contribution in [0.1, 0.15) is 16.7 Å². The maximum atomic E-state index is 10.5. The van der Waals surface area contributed by atoms with Gasteiger partial charge in [0.25, 0.3) is 0 Å². The summed E-state index contributed by atoms with van der Waals surface area (Å²) < 4.78 is 5.76. The molecule has 0 aromatic heterocycles. The molecular weight excluding hydrogens is 266 g/mol. The number of aryl methyl sites for hydroxylation is 1. The van der Waals surface area contributed by atoms with E-state index in [0.29, 0.717) is 13.2 Å². The fourth-order valence-corrected chi connectivity index (χ4v) is 1.91. The summed E-state index contributed by atoms with van der Waals surface area (Å²) in [6.07, 6.45) is 0. The third-order valence-electron chi connectivity index (χ3n) is 3.03. The van der Waals surface area contributed by atoms with Crippen molar-refractivity contribution in [3.05, 3.63) is 65.2 Å². The lowest BCUT2D eigenvalue weighted by molar-refractivity contribution is -0.135. The zero-order valence-corrected chi connectivity index (χ0v) is 12.0. The molecule has 4 heteroatoms. The number of carbonyl (C=O) groups is 1. The fraction of sp³-hybridized carbons (Fsp3) is 0.235. The number of hydrogen-bond donors (Lipinski definition) is 2. The Labute approximate surface area is 124 Å². The van der Waals surface area contributed by atoms with Gasteiger partial charge in [-0.1, -0.05) is 42.0 Å². The molecule has 0 radical (unpaired) electrons. The molecule has 2 rings (SSSR count). The summed E-state index contributed by atoms with van der Waals surface area (Å²) in [5.74, 6) is -0.0769. The molecule has 0 spiro atoms. The molecule has 0 heterocycles. The van der Waals surface area contributed by atoms with Crippen LogP contribution in [0.3, 0.4) is 0 Å². The largest absolute Gasteiger partial charge is 0.489 e. The van der Waals surface area contributed by atoms with Crippen molar-refractivity contribution < 1.29 is 14.6 Å². The first-order valence-electron chi connectivity index (χ1n) is 6.83. The Kier molecular flexibility index (Phi) is 5.35. The van der Waals surface area contributed by atoms with Crippen molar-refractivity contribution in [1.29, 1.82) is 0 Å². The van der Waals surface area contributed by atoms with E-state index < -0.39 is 5.97 Å². The van der Waals surface area contributed by atoms with Crippen molar-refractivity contribution in [3.63, 3.8) is 0 Å². The SMILES string of the molecule is Cc1ccc(COc2cccc(CNCC(=O)O)c2)cc1. The van der Waals surface area contributed by atoms with E-state index in [1.807, 2.05) is 36.4 Å². The predicted octanol–water partition coefficient (Wildman–Crippen LogP) is 2.75. The van der Waals surface area contributed by atoms with Crippen molar-refractivity contribution in [2.24, 2.45) is 0 Å². The molecule has 2 aromatic carbocycles. The van der Waals surface area contributed by atoms with E-state index in [1.165, 1.54) is 5.56 Å². The second kappa shape index (κ2) is 7.45. The van der Waals surface area contributed by atoms with Crippen molar-refractivity contribution in [1.82, 2.24) is 5.32 Å². The normalized spacial score (nSPS) is 10.3. The Morgan fingerprint density at radius 3 is 2.62 bits per heavy atom. The third kappa shape index (κ3) is 5.28. The molecule has 0 fully saturated rings. The van der Waals surface area contributed by atoms with Gasteiger partial charge in [-0.3, -0.25) is 4.79 Å². The number of ether oxygens (including phenoxy) is 1. The van der Waals surface area contributed by atoms with Gasteiger partial charge in [0, 0.05) is 6.54 Å². The molecule has 2 aromatic rings. The highest BCUT2D eigenvalue weighted by molar-refractivity contribution is 5.68. The zero-order chi connectivity index (χ0) is 15.1. The average Bonchev–Trinajstić information content (AvgIpc) is 2.47. The van der Waals surface area contributed by atoms with Gasteiger partial charge in [-0.25, -0.2) is 0 Å². The molecule has 0 aliphatic carbocycles. The van der Waals surface area contributed by atoms with Gasteiger partial charge in [-0.05, 0) is 30.2 Å². The predicted molar refractivity (Wildman–Crippen MR) is 81.3 cm³/mol. The summed E-state index contributed by atoms with van der Waals surface area (Å²) in [7, 11) is 0. The van der Waals surface area contributed by atoms with Gasteiger partial charge < -0.3 is 15.2 Å². The van der Waals surface area contributed by atoms with Crippen molar-refractivity contribution in [2.75, 3.05) is 6.54 Å². The number of aliphatic carboxylic acids is 1. The minimum Gasteiger partial charge on any atom is -0.489 e. The molecule has 4 nitrogen and oxygen atoms in total. The summed E-state index contributed by atoms with van der Waals surface area (Å²) in [4.78, 5) is 10.5. The van der Waals surface area contributed by atoms with E-state index in [1.54, 1.807) is 0 Å². The molecule has 21 heavy (non-hydrogen) atoms. The molecule has 0 aliphatic rings.